The van der Waals surface area contributed by atoms with Crippen LogP contribution in [0.5, 0.6) is 0 Å². The topological polar surface area (TPSA) is 54.4 Å². The van der Waals surface area contributed by atoms with Crippen molar-refractivity contribution >= 4 is 648 Å². The zero-order valence-electron chi connectivity index (χ0n) is 26.3. The molecule has 44 heteroatoms. The average molecular weight is 3510 g/mol. The van der Waals surface area contributed by atoms with Crippen LogP contribution in [-0.4, -0.2) is 72.2 Å². The van der Waals surface area contributed by atoms with Gasteiger partial charge in [-0.25, -0.2) is 8.42 Å². The predicted molar refractivity (Wildman–Crippen MR) is 422 cm³/mol. The maximum Gasteiger partial charge on any atom is 0.254 e. The van der Waals surface area contributed by atoms with Gasteiger partial charge < -0.3 is 0 Å². The molecule has 0 amide bonds. The first-order valence-electron chi connectivity index (χ1n) is 12.6. The molecule has 0 aromatic rings. The summed E-state index contributed by atoms with van der Waals surface area (Å²) in [5, 5.41) is 0. The number of hydrogen-bond donors (Lipinski definition) is 2. The molecule has 0 aromatic heterocycles. The lowest BCUT2D eigenvalue weighted by molar-refractivity contribution is 0.509. The van der Waals surface area contributed by atoms with Crippen LogP contribution >= 0.6 is 637 Å². The Morgan fingerprint density at radius 2 is 0.222 bits per heavy atom. The summed E-state index contributed by atoms with van der Waals surface area (Å²) < 4.78 is 0.876. The van der Waals surface area contributed by atoms with Gasteiger partial charge >= 0.3 is 0 Å². The number of alkyl halides is 40. The maximum atomic E-state index is 8.59. The van der Waals surface area contributed by atoms with Crippen molar-refractivity contribution in [3.8, 4) is 0 Å². The minimum atomic E-state index is -3.12. The highest BCUT2D eigenvalue weighted by molar-refractivity contribution is 9.44. The Morgan fingerprint density at radius 1 is 0.175 bits per heavy atom. The van der Waals surface area contributed by atoms with Crippen molar-refractivity contribution < 1.29 is 13.0 Å². The monoisotopic (exact) mass is 3470 g/mol. The molecule has 0 bridgehead atoms. The fraction of sp³-hybridized carbons (Fsp3) is 1.00. The number of rotatable bonds is 16. The van der Waals surface area contributed by atoms with Crippen LogP contribution in [0.1, 0.15) is 0 Å². The summed E-state index contributed by atoms with van der Waals surface area (Å²) in [7, 11) is -3.12. The molecule has 0 saturated heterocycles. The second kappa shape index (κ2) is 28.1. The summed E-state index contributed by atoms with van der Waals surface area (Å²) in [6.07, 6.45) is 0. The lowest BCUT2D eigenvalue weighted by atomic mass is 10.0. The van der Waals surface area contributed by atoms with Gasteiger partial charge in [0.25, 0.3) is 11.0 Å². The highest BCUT2D eigenvalue weighted by Gasteiger charge is 2.85. The van der Waals surface area contributed by atoms with Crippen LogP contribution in [0.15, 0.2) is 0 Å². The van der Waals surface area contributed by atoms with Gasteiger partial charge in [0.1, 0.15) is 55.0 Å². The first-order valence-corrected chi connectivity index (χ1v) is 45.5. The summed E-state index contributed by atoms with van der Waals surface area (Å²) in [5.41, 5.74) is 0. The van der Waals surface area contributed by atoms with Crippen LogP contribution in [0.3, 0.4) is 0 Å². The van der Waals surface area contributed by atoms with Crippen molar-refractivity contribution in [2.24, 2.45) is 0 Å². The lowest BCUT2D eigenvalue weighted by Crippen LogP contribution is -2.74. The summed E-state index contributed by atoms with van der Waals surface area (Å²) in [6.45, 7) is 0. The van der Waals surface area contributed by atoms with Crippen LogP contribution in [0.2, 0.25) is 0 Å². The van der Waals surface area contributed by atoms with Crippen molar-refractivity contribution in [3.63, 3.8) is 0 Å². The fourth-order valence-corrected chi connectivity index (χ4v) is 43.3. The summed E-state index contributed by atoms with van der Waals surface area (Å²) in [4.78, 5) is 0. The van der Waals surface area contributed by atoms with E-state index in [1.54, 1.807) is 0 Å². The van der Waals surface area contributed by atoms with Gasteiger partial charge in [-0.05, 0) is 0 Å². The number of halogens is 40. The molecule has 0 aliphatic rings. The Bertz CT molecular complexity index is 1590. The van der Waals surface area contributed by atoms with Crippen molar-refractivity contribution in [1.82, 2.24) is 0 Å². The van der Waals surface area contributed by atoms with Crippen LogP contribution in [-0.2, 0) is 11.0 Å². The average Bonchev–Trinajstić information content (AvgIpc) is 3.01. The summed E-state index contributed by atoms with van der Waals surface area (Å²) in [6, 6.07) is 0. The van der Waals surface area contributed by atoms with E-state index in [1.165, 1.54) is 0 Å². The van der Waals surface area contributed by atoms with E-state index in [0.717, 1.165) is 0 Å². The smallest absolute Gasteiger partial charge is 0.254 e. The van der Waals surface area contributed by atoms with Gasteiger partial charge in [0, 0.05) is 0 Å². The van der Waals surface area contributed by atoms with Gasteiger partial charge in [-0.15, -0.1) is 0 Å². The standard InChI is InChI=1S/C19Br40.H2O3S/c20-1(21,2(22,23)4(26,27)6(30,31)8(34,35)10(38,39)12(42,43)14(46,47)16(50,51)18(54,55)56)3(24,25)5(28,29)7(32,33)9(36,37)11(40,41)13(44,45)15(48,49)17(52,53)19(57,58)59;1-4(2)3/h;4H,(H,1,2,3). The molecule has 0 fully saturated rings. The third-order valence-electron chi connectivity index (χ3n) is 7.02. The van der Waals surface area contributed by atoms with Gasteiger partial charge in [0.05, 0.1) is 0 Å². The quantitative estimate of drug-likeness (QED) is 0.0920. The van der Waals surface area contributed by atoms with Gasteiger partial charge in [0.2, 0.25) is 0 Å². The molecule has 0 radical (unpaired) electrons. The van der Waals surface area contributed by atoms with E-state index in [9.17, 15) is 0 Å². The molecule has 0 saturated carbocycles. The minimum absolute atomic E-state index is 0.917. The molecule has 0 heterocycles. The van der Waals surface area contributed by atoms with E-state index < -0.39 is 70.2 Å². The van der Waals surface area contributed by atoms with Crippen LogP contribution in [0.4, 0.5) is 0 Å². The second-order valence-electron chi connectivity index (χ2n) is 11.0. The normalized spacial score (nSPS) is 16.9. The molecule has 3 nitrogen and oxygen atoms in total. The third-order valence-corrected chi connectivity index (χ3v) is 91.5. The van der Waals surface area contributed by atoms with E-state index in [2.05, 4.69) is 637 Å². The van der Waals surface area contributed by atoms with E-state index in [1.807, 2.05) is 0 Å². The largest absolute Gasteiger partial charge is 0.288 e. The van der Waals surface area contributed by atoms with Crippen molar-refractivity contribution in [3.05, 3.63) is 0 Å². The molecule has 0 aliphatic carbocycles. The Balaban J connectivity index is 0. The Morgan fingerprint density at radius 3 is 0.270 bits per heavy atom. The van der Waals surface area contributed by atoms with Crippen molar-refractivity contribution in [1.29, 1.82) is 0 Å². The van der Waals surface area contributed by atoms with Crippen LogP contribution < -0.4 is 0 Å². The van der Waals surface area contributed by atoms with E-state index in [4.69, 9.17) is 13.0 Å². The van der Waals surface area contributed by atoms with Crippen LogP contribution in [0.25, 0.3) is 0 Å². The van der Waals surface area contributed by atoms with E-state index in [-0.39, 0.29) is 0 Å². The van der Waals surface area contributed by atoms with Crippen molar-refractivity contribution in [2.45, 2.75) is 59.3 Å². The van der Waals surface area contributed by atoms with Gasteiger partial charge in [-0.1, -0.05) is 637 Å². The SMILES string of the molecule is BrC(Br)(Br)C(Br)(Br)C(Br)(Br)C(Br)(Br)C(Br)(Br)C(Br)(Br)C(Br)(Br)C(Br)(Br)C(Br)(Br)C(Br)(Br)C(Br)(Br)C(Br)(Br)C(Br)(Br)C(Br)(Br)C(Br)(Br)C(Br)(Br)C(Br)(Br)C(Br)(Br)C(Br)(Br)Br.O=[SH](=O)O. The number of thiol groups is 1. The predicted octanol–water partition coefficient (Wildman–Crippen LogP) is 29.0. The first-order chi connectivity index (χ1) is 26.2. The molecule has 0 atom stereocenters. The number of hydrogen-bond acceptors (Lipinski definition) is 2. The Hall–Kier alpha value is 19.1. The zero-order chi connectivity index (χ0) is 53.1. The van der Waals surface area contributed by atoms with Crippen LogP contribution in [0, 0.1) is 0 Å². The highest BCUT2D eigenvalue weighted by atomic mass is 80.0. The summed E-state index contributed by atoms with van der Waals surface area (Å²) >= 11 is 157. The van der Waals surface area contributed by atoms with Gasteiger partial charge in [0.15, 0.2) is 4.29 Å². The molecular weight excluding hydrogens is 3500 g/mol. The van der Waals surface area contributed by atoms with Gasteiger partial charge in [-0.3, -0.25) is 4.55 Å². The lowest BCUT2D eigenvalue weighted by Gasteiger charge is -2.62. The first kappa shape index (κ1) is 84.2. The van der Waals surface area contributed by atoms with E-state index >= 15 is 0 Å². The Kier molecular flexibility index (Phi) is 37.5. The summed E-state index contributed by atoms with van der Waals surface area (Å²) in [5.74, 6) is 0. The maximum absolute atomic E-state index is 8.59. The molecule has 0 spiro atoms. The minimum Gasteiger partial charge on any atom is -0.288 e. The molecule has 382 valence electrons. The third kappa shape index (κ3) is 15.5. The Labute approximate surface area is 702 Å². The molecule has 63 heavy (non-hydrogen) atoms. The molecule has 1 N–H and O–H groups in total. The fourth-order valence-electron chi connectivity index (χ4n) is 3.31. The van der Waals surface area contributed by atoms with Gasteiger partial charge in [-0.2, -0.15) is 0 Å². The highest BCUT2D eigenvalue weighted by Crippen LogP contribution is 2.84. The second-order valence-corrected chi connectivity index (χ2v) is 83.5. The zero-order valence-corrected chi connectivity index (χ0v) is 90.7. The van der Waals surface area contributed by atoms with Crippen molar-refractivity contribution in [2.75, 3.05) is 0 Å². The molecular formula is C19H2Br40O3S. The van der Waals surface area contributed by atoms with E-state index in [0.29, 0.717) is 0 Å². The molecule has 0 unspecified atom stereocenters. The molecule has 0 aliphatic heterocycles. The molecule has 0 rings (SSSR count). The molecule has 0 aromatic carbocycles.